The Morgan fingerprint density at radius 3 is 2.44 bits per heavy atom. The lowest BCUT2D eigenvalue weighted by molar-refractivity contribution is 0.802. The number of benzene rings is 2. The molecule has 4 aromatic rings. The molecule has 0 aliphatic heterocycles. The molecule has 4 rings (SSSR count). The van der Waals surface area contributed by atoms with Crippen LogP contribution < -0.4 is 11.2 Å². The number of nitrogens with one attached hydrogen (secondary N) is 1. The Bertz CT molecular complexity index is 1240. The average Bonchev–Trinajstić information content (AvgIpc) is 3.14. The lowest BCUT2D eigenvalue weighted by Crippen LogP contribution is -2.27. The van der Waals surface area contributed by atoms with Crippen molar-refractivity contribution in [2.24, 2.45) is 0 Å². The molecule has 2 aromatic carbocycles. The smallest absolute Gasteiger partial charge is 0.274 e. The van der Waals surface area contributed by atoms with Gasteiger partial charge in [-0.05, 0) is 42.8 Å². The zero-order valence-corrected chi connectivity index (χ0v) is 15.0. The molecule has 2 aromatic heterocycles. The molecule has 0 fully saturated rings. The molecule has 134 valence electrons. The molecule has 7 nitrogen and oxygen atoms in total. The largest absolute Gasteiger partial charge is 0.332 e. The Kier molecular flexibility index (Phi) is 4.21. The van der Waals surface area contributed by atoms with Crippen molar-refractivity contribution in [1.29, 1.82) is 0 Å². The summed E-state index contributed by atoms with van der Waals surface area (Å²) in [5, 5.41) is 9.03. The van der Waals surface area contributed by atoms with Crippen LogP contribution >= 0.6 is 11.6 Å². The SMILES string of the molecule is Cc1ccc(-c2cn(-c3ccc(-n4ccc(=O)[nH]c4=O)cc3)nn2)cc1Cl. The molecular formula is C19H14ClN5O2. The molecule has 0 spiro atoms. The molecule has 2 heterocycles. The highest BCUT2D eigenvalue weighted by molar-refractivity contribution is 6.31. The van der Waals surface area contributed by atoms with Crippen LogP contribution in [0.4, 0.5) is 0 Å². The lowest BCUT2D eigenvalue weighted by atomic mass is 10.1. The lowest BCUT2D eigenvalue weighted by Gasteiger charge is -2.06. The minimum absolute atomic E-state index is 0.431. The van der Waals surface area contributed by atoms with Gasteiger partial charge in [-0.2, -0.15) is 0 Å². The highest BCUT2D eigenvalue weighted by Crippen LogP contribution is 2.24. The molecule has 8 heteroatoms. The van der Waals surface area contributed by atoms with Crippen LogP contribution in [0.2, 0.25) is 5.02 Å². The second kappa shape index (κ2) is 6.69. The molecule has 0 bridgehead atoms. The van der Waals surface area contributed by atoms with Gasteiger partial charge in [-0.1, -0.05) is 28.9 Å². The van der Waals surface area contributed by atoms with E-state index in [2.05, 4.69) is 15.3 Å². The zero-order valence-electron chi connectivity index (χ0n) is 14.3. The van der Waals surface area contributed by atoms with Gasteiger partial charge >= 0.3 is 5.69 Å². The van der Waals surface area contributed by atoms with Gasteiger partial charge in [-0.3, -0.25) is 14.3 Å². The van der Waals surface area contributed by atoms with Gasteiger partial charge in [0.15, 0.2) is 0 Å². The zero-order chi connectivity index (χ0) is 19.0. The van der Waals surface area contributed by atoms with Crippen LogP contribution in [0.15, 0.2) is 70.5 Å². The minimum Gasteiger partial charge on any atom is -0.274 e. The predicted molar refractivity (Wildman–Crippen MR) is 103 cm³/mol. The molecule has 0 unspecified atom stereocenters. The molecule has 0 radical (unpaired) electrons. The monoisotopic (exact) mass is 379 g/mol. The van der Waals surface area contributed by atoms with Crippen molar-refractivity contribution in [1.82, 2.24) is 24.5 Å². The van der Waals surface area contributed by atoms with E-state index in [9.17, 15) is 9.59 Å². The standard InChI is InChI=1S/C19H14ClN5O2/c1-12-2-3-13(10-16(12)20)17-11-25(23-22-17)15-6-4-14(5-7-15)24-9-8-18(26)21-19(24)27/h2-11H,1H3,(H,21,26,27). The molecule has 27 heavy (non-hydrogen) atoms. The second-order valence-corrected chi connectivity index (χ2v) is 6.42. The van der Waals surface area contributed by atoms with E-state index in [0.717, 1.165) is 16.8 Å². The number of rotatable bonds is 3. The third-order valence-corrected chi connectivity index (χ3v) is 4.58. The molecule has 0 aliphatic rings. The van der Waals surface area contributed by atoms with Gasteiger partial charge in [0.1, 0.15) is 5.69 Å². The van der Waals surface area contributed by atoms with Crippen molar-refractivity contribution in [3.05, 3.63) is 92.3 Å². The Morgan fingerprint density at radius 1 is 1.00 bits per heavy atom. The van der Waals surface area contributed by atoms with Gasteiger partial charge in [0.25, 0.3) is 5.56 Å². The predicted octanol–water partition coefficient (Wildman–Crippen LogP) is 2.74. The van der Waals surface area contributed by atoms with Crippen LogP contribution in [-0.4, -0.2) is 24.5 Å². The molecule has 0 atom stereocenters. The van der Waals surface area contributed by atoms with E-state index in [-0.39, 0.29) is 0 Å². The van der Waals surface area contributed by atoms with E-state index in [1.165, 1.54) is 16.8 Å². The quantitative estimate of drug-likeness (QED) is 0.593. The van der Waals surface area contributed by atoms with Crippen molar-refractivity contribution in [2.75, 3.05) is 0 Å². The first-order chi connectivity index (χ1) is 13.0. The van der Waals surface area contributed by atoms with Gasteiger partial charge in [-0.25, -0.2) is 9.48 Å². The highest BCUT2D eigenvalue weighted by Gasteiger charge is 2.08. The first-order valence-corrected chi connectivity index (χ1v) is 8.51. The summed E-state index contributed by atoms with van der Waals surface area (Å²) in [7, 11) is 0. The summed E-state index contributed by atoms with van der Waals surface area (Å²) in [6.45, 7) is 1.94. The number of halogens is 1. The minimum atomic E-state index is -0.491. The van der Waals surface area contributed by atoms with Gasteiger partial charge in [0, 0.05) is 22.8 Å². The topological polar surface area (TPSA) is 85.6 Å². The van der Waals surface area contributed by atoms with Crippen molar-refractivity contribution in [3.63, 3.8) is 0 Å². The van der Waals surface area contributed by atoms with E-state index >= 15 is 0 Å². The van der Waals surface area contributed by atoms with Crippen molar-refractivity contribution in [3.8, 4) is 22.6 Å². The average molecular weight is 380 g/mol. The van der Waals surface area contributed by atoms with Gasteiger partial charge in [-0.15, -0.1) is 5.10 Å². The molecule has 0 saturated heterocycles. The summed E-state index contributed by atoms with van der Waals surface area (Å²) < 4.78 is 2.99. The number of aryl methyl sites for hydroxylation is 1. The Hall–Kier alpha value is -3.45. The first kappa shape index (κ1) is 17.0. The number of hydrogen-bond donors (Lipinski definition) is 1. The molecule has 0 saturated carbocycles. The summed E-state index contributed by atoms with van der Waals surface area (Å²) in [4.78, 5) is 25.3. The maximum atomic E-state index is 11.9. The van der Waals surface area contributed by atoms with E-state index < -0.39 is 11.2 Å². The fraction of sp³-hybridized carbons (Fsp3) is 0.0526. The molecular weight excluding hydrogens is 366 g/mol. The first-order valence-electron chi connectivity index (χ1n) is 8.13. The maximum absolute atomic E-state index is 11.9. The maximum Gasteiger partial charge on any atom is 0.332 e. The van der Waals surface area contributed by atoms with Crippen molar-refractivity contribution < 1.29 is 0 Å². The fourth-order valence-corrected chi connectivity index (χ4v) is 2.84. The summed E-state index contributed by atoms with van der Waals surface area (Å²) >= 11 is 6.18. The summed E-state index contributed by atoms with van der Waals surface area (Å²) in [6, 6.07) is 14.2. The summed E-state index contributed by atoms with van der Waals surface area (Å²) in [5.41, 5.74) is 3.08. The van der Waals surface area contributed by atoms with Crippen LogP contribution in [0.5, 0.6) is 0 Å². The van der Waals surface area contributed by atoms with Crippen LogP contribution in [0, 0.1) is 6.92 Å². The summed E-state index contributed by atoms with van der Waals surface area (Å²) in [5.74, 6) is 0. The van der Waals surface area contributed by atoms with Crippen LogP contribution in [-0.2, 0) is 0 Å². The number of aromatic nitrogens is 5. The molecule has 0 aliphatic carbocycles. The van der Waals surface area contributed by atoms with E-state index in [0.29, 0.717) is 16.4 Å². The van der Waals surface area contributed by atoms with Gasteiger partial charge < -0.3 is 0 Å². The second-order valence-electron chi connectivity index (χ2n) is 6.01. The van der Waals surface area contributed by atoms with Crippen LogP contribution in [0.1, 0.15) is 5.56 Å². The molecule has 1 N–H and O–H groups in total. The van der Waals surface area contributed by atoms with Gasteiger partial charge in [0.05, 0.1) is 17.6 Å². The van der Waals surface area contributed by atoms with E-state index in [1.807, 2.05) is 43.5 Å². The van der Waals surface area contributed by atoms with Crippen molar-refractivity contribution in [2.45, 2.75) is 6.92 Å². The number of nitrogens with zero attached hydrogens (tertiary/aromatic N) is 4. The normalized spacial score (nSPS) is 10.9. The van der Waals surface area contributed by atoms with E-state index in [1.54, 1.807) is 16.8 Å². The number of aromatic amines is 1. The highest BCUT2D eigenvalue weighted by atomic mass is 35.5. The van der Waals surface area contributed by atoms with Crippen molar-refractivity contribution >= 4 is 11.6 Å². The number of hydrogen-bond acceptors (Lipinski definition) is 4. The van der Waals surface area contributed by atoms with Crippen LogP contribution in [0.3, 0.4) is 0 Å². The third-order valence-electron chi connectivity index (χ3n) is 4.18. The van der Waals surface area contributed by atoms with E-state index in [4.69, 9.17) is 11.6 Å². The Labute approximate surface area is 158 Å². The fourth-order valence-electron chi connectivity index (χ4n) is 2.66. The molecule has 0 amide bonds. The van der Waals surface area contributed by atoms with Crippen LogP contribution in [0.25, 0.3) is 22.6 Å². The van der Waals surface area contributed by atoms with Gasteiger partial charge in [0.2, 0.25) is 0 Å². The third kappa shape index (κ3) is 3.32. The Balaban J connectivity index is 1.65. The summed E-state index contributed by atoms with van der Waals surface area (Å²) in [6.07, 6.45) is 3.24. The Morgan fingerprint density at radius 2 is 1.74 bits per heavy atom. The number of H-pyrrole nitrogens is 1.